The highest BCUT2D eigenvalue weighted by molar-refractivity contribution is 5.86. The Bertz CT molecular complexity index is 864. The Morgan fingerprint density at radius 3 is 2.33 bits per heavy atom. The van der Waals surface area contributed by atoms with E-state index in [0.717, 1.165) is 31.2 Å². The fourth-order valence-corrected chi connectivity index (χ4v) is 3.48. The normalized spacial score (nSPS) is 14.7. The lowest BCUT2D eigenvalue weighted by Crippen LogP contribution is -2.50. The molecular formula is C22H25N3O5. The summed E-state index contributed by atoms with van der Waals surface area (Å²) in [6, 6.07) is 14.5. The highest BCUT2D eigenvalue weighted by atomic mass is 16.6. The van der Waals surface area contributed by atoms with E-state index in [1.165, 1.54) is 12.1 Å². The molecule has 0 radical (unpaired) electrons. The molecule has 30 heavy (non-hydrogen) atoms. The number of carbonyl (C=O) groups excluding carboxylic acids is 2. The van der Waals surface area contributed by atoms with Crippen LogP contribution in [0.4, 0.5) is 10.5 Å². The molecular weight excluding hydrogens is 386 g/mol. The van der Waals surface area contributed by atoms with Crippen LogP contribution in [0.15, 0.2) is 54.6 Å². The molecule has 1 aliphatic rings. The number of hydrogen-bond acceptors (Lipinski definition) is 5. The molecule has 0 aromatic heterocycles. The summed E-state index contributed by atoms with van der Waals surface area (Å²) in [5.74, 6) is -0.281. The van der Waals surface area contributed by atoms with Gasteiger partial charge in [-0.15, -0.1) is 0 Å². The second-order valence-corrected chi connectivity index (χ2v) is 7.38. The van der Waals surface area contributed by atoms with Crippen molar-refractivity contribution >= 4 is 17.7 Å². The van der Waals surface area contributed by atoms with Crippen molar-refractivity contribution in [2.45, 2.75) is 50.8 Å². The number of benzene rings is 2. The molecule has 1 unspecified atom stereocenters. The quantitative estimate of drug-likeness (QED) is 0.510. The number of hydrogen-bond donors (Lipinski definition) is 2. The van der Waals surface area contributed by atoms with Crippen LogP contribution in [0.2, 0.25) is 0 Å². The lowest BCUT2D eigenvalue weighted by molar-refractivity contribution is -0.384. The standard InChI is InChI=1S/C22H25N3O5/c26-21(23-18-8-4-5-9-18)20(14-16-10-12-19(13-11-16)25(28)29)24-22(27)30-15-17-6-2-1-3-7-17/h1-3,6-7,10-13,18,20H,4-5,8-9,14-15H2,(H,23,26)(H,24,27). The van der Waals surface area contributed by atoms with Gasteiger partial charge in [0.25, 0.3) is 5.69 Å². The Kier molecular flexibility index (Phi) is 7.37. The molecule has 2 N–H and O–H groups in total. The van der Waals surface area contributed by atoms with Crippen LogP contribution < -0.4 is 10.6 Å². The Hall–Kier alpha value is -3.42. The average Bonchev–Trinajstić information content (AvgIpc) is 3.26. The topological polar surface area (TPSA) is 111 Å². The van der Waals surface area contributed by atoms with Crippen LogP contribution in [0, 0.1) is 10.1 Å². The summed E-state index contributed by atoms with van der Waals surface area (Å²) >= 11 is 0. The molecule has 0 spiro atoms. The van der Waals surface area contributed by atoms with Crippen LogP contribution in [0.1, 0.15) is 36.8 Å². The van der Waals surface area contributed by atoms with E-state index in [1.54, 1.807) is 12.1 Å². The van der Waals surface area contributed by atoms with Gasteiger partial charge in [-0.1, -0.05) is 55.3 Å². The van der Waals surface area contributed by atoms with E-state index in [1.807, 2.05) is 30.3 Å². The summed E-state index contributed by atoms with van der Waals surface area (Å²) in [5.41, 5.74) is 1.52. The Morgan fingerprint density at radius 2 is 1.70 bits per heavy atom. The number of nitro benzene ring substituents is 1. The first kappa shape index (κ1) is 21.3. The van der Waals surface area contributed by atoms with Crippen molar-refractivity contribution in [1.29, 1.82) is 0 Å². The highest BCUT2D eigenvalue weighted by Gasteiger charge is 2.26. The maximum Gasteiger partial charge on any atom is 0.408 e. The van der Waals surface area contributed by atoms with Crippen molar-refractivity contribution in [1.82, 2.24) is 10.6 Å². The Labute approximate surface area is 174 Å². The fourth-order valence-electron chi connectivity index (χ4n) is 3.48. The van der Waals surface area contributed by atoms with Gasteiger partial charge < -0.3 is 15.4 Å². The zero-order valence-corrected chi connectivity index (χ0v) is 16.6. The van der Waals surface area contributed by atoms with E-state index in [2.05, 4.69) is 10.6 Å². The summed E-state index contributed by atoms with van der Waals surface area (Å²) in [4.78, 5) is 35.5. The average molecular weight is 411 g/mol. The Morgan fingerprint density at radius 1 is 1.03 bits per heavy atom. The van der Waals surface area contributed by atoms with E-state index in [9.17, 15) is 19.7 Å². The van der Waals surface area contributed by atoms with Crippen LogP contribution >= 0.6 is 0 Å². The lowest BCUT2D eigenvalue weighted by Gasteiger charge is -2.21. The molecule has 158 valence electrons. The molecule has 0 saturated heterocycles. The number of amides is 2. The van der Waals surface area contributed by atoms with Crippen LogP contribution in [0.3, 0.4) is 0 Å². The van der Waals surface area contributed by atoms with Gasteiger partial charge in [-0.3, -0.25) is 14.9 Å². The molecule has 1 aliphatic carbocycles. The number of carbonyl (C=O) groups is 2. The summed E-state index contributed by atoms with van der Waals surface area (Å²) in [5, 5.41) is 16.5. The van der Waals surface area contributed by atoms with Crippen LogP contribution in [-0.2, 0) is 22.6 Å². The fraction of sp³-hybridized carbons (Fsp3) is 0.364. The molecule has 2 aromatic rings. The minimum atomic E-state index is -0.838. The summed E-state index contributed by atoms with van der Waals surface area (Å²) < 4.78 is 5.25. The first-order chi connectivity index (χ1) is 14.5. The van der Waals surface area contributed by atoms with Crippen molar-refractivity contribution in [3.05, 3.63) is 75.8 Å². The SMILES string of the molecule is O=C(NC(Cc1ccc([N+](=O)[O-])cc1)C(=O)NC1CCCC1)OCc1ccccc1. The lowest BCUT2D eigenvalue weighted by atomic mass is 10.0. The number of rotatable bonds is 8. The second-order valence-electron chi connectivity index (χ2n) is 7.38. The third-order valence-corrected chi connectivity index (χ3v) is 5.11. The molecule has 0 heterocycles. The zero-order valence-electron chi connectivity index (χ0n) is 16.6. The molecule has 0 aliphatic heterocycles. The van der Waals surface area contributed by atoms with Crippen molar-refractivity contribution < 1.29 is 19.2 Å². The predicted molar refractivity (Wildman–Crippen MR) is 111 cm³/mol. The van der Waals surface area contributed by atoms with Gasteiger partial charge in [-0.2, -0.15) is 0 Å². The molecule has 0 bridgehead atoms. The van der Waals surface area contributed by atoms with Crippen molar-refractivity contribution in [2.75, 3.05) is 0 Å². The minimum Gasteiger partial charge on any atom is -0.445 e. The van der Waals surface area contributed by atoms with Gasteiger partial charge in [-0.05, 0) is 24.0 Å². The van der Waals surface area contributed by atoms with Crippen LogP contribution in [-0.4, -0.2) is 29.0 Å². The first-order valence-corrected chi connectivity index (χ1v) is 10.0. The van der Waals surface area contributed by atoms with Gasteiger partial charge in [0.2, 0.25) is 5.91 Å². The summed E-state index contributed by atoms with van der Waals surface area (Å²) in [7, 11) is 0. The zero-order chi connectivity index (χ0) is 21.3. The van der Waals surface area contributed by atoms with E-state index >= 15 is 0 Å². The van der Waals surface area contributed by atoms with Gasteiger partial charge >= 0.3 is 6.09 Å². The summed E-state index contributed by atoms with van der Waals surface area (Å²) in [6.07, 6.45) is 3.52. The molecule has 2 aromatic carbocycles. The van der Waals surface area contributed by atoms with Gasteiger partial charge in [0.1, 0.15) is 12.6 Å². The third-order valence-electron chi connectivity index (χ3n) is 5.11. The predicted octanol–water partition coefficient (Wildman–Crippen LogP) is 3.49. The number of alkyl carbamates (subject to hydrolysis) is 1. The number of nitro groups is 1. The number of nitrogens with one attached hydrogen (secondary N) is 2. The van der Waals surface area contributed by atoms with Gasteiger partial charge in [0, 0.05) is 24.6 Å². The second kappa shape index (κ2) is 10.4. The summed E-state index contributed by atoms with van der Waals surface area (Å²) in [6.45, 7) is 0.0984. The molecule has 1 saturated carbocycles. The molecule has 1 atom stereocenters. The number of non-ortho nitro benzene ring substituents is 1. The monoisotopic (exact) mass is 411 g/mol. The highest BCUT2D eigenvalue weighted by Crippen LogP contribution is 2.18. The maximum absolute atomic E-state index is 12.8. The molecule has 3 rings (SSSR count). The molecule has 2 amide bonds. The molecule has 1 fully saturated rings. The van der Waals surface area contributed by atoms with Crippen LogP contribution in [0.25, 0.3) is 0 Å². The number of nitrogens with zero attached hydrogens (tertiary/aromatic N) is 1. The molecule has 8 nitrogen and oxygen atoms in total. The van der Waals surface area contributed by atoms with Crippen molar-refractivity contribution in [2.24, 2.45) is 0 Å². The van der Waals surface area contributed by atoms with Gasteiger partial charge in [-0.25, -0.2) is 4.79 Å². The molecule has 8 heteroatoms. The largest absolute Gasteiger partial charge is 0.445 e. The van der Waals surface area contributed by atoms with E-state index in [4.69, 9.17) is 4.74 Å². The van der Waals surface area contributed by atoms with E-state index < -0.39 is 17.1 Å². The van der Waals surface area contributed by atoms with Crippen LogP contribution in [0.5, 0.6) is 0 Å². The minimum absolute atomic E-state index is 0.0269. The Balaban J connectivity index is 1.63. The van der Waals surface area contributed by atoms with Crippen molar-refractivity contribution in [3.63, 3.8) is 0 Å². The van der Waals surface area contributed by atoms with Crippen molar-refractivity contribution in [3.8, 4) is 0 Å². The smallest absolute Gasteiger partial charge is 0.408 e. The van der Waals surface area contributed by atoms with E-state index in [0.29, 0.717) is 5.56 Å². The van der Waals surface area contributed by atoms with E-state index in [-0.39, 0.29) is 30.7 Å². The van der Waals surface area contributed by atoms with Gasteiger partial charge in [0.05, 0.1) is 4.92 Å². The third kappa shape index (κ3) is 6.30. The number of ether oxygens (including phenoxy) is 1. The maximum atomic E-state index is 12.8. The first-order valence-electron chi connectivity index (χ1n) is 10.0. The van der Waals surface area contributed by atoms with Gasteiger partial charge in [0.15, 0.2) is 0 Å².